The van der Waals surface area contributed by atoms with Crippen LogP contribution in [0.3, 0.4) is 0 Å². The molecule has 124 valence electrons. The van der Waals surface area contributed by atoms with E-state index in [2.05, 4.69) is 47.0 Å². The lowest BCUT2D eigenvalue weighted by molar-refractivity contribution is 0.131. The Bertz CT molecular complexity index is 452. The summed E-state index contributed by atoms with van der Waals surface area (Å²) < 4.78 is 0. The zero-order valence-corrected chi connectivity index (χ0v) is 14.8. The Morgan fingerprint density at radius 2 is 2.09 bits per heavy atom. The first-order chi connectivity index (χ1) is 10.7. The van der Waals surface area contributed by atoms with E-state index in [1.54, 1.807) is 0 Å². The molecule has 1 saturated carbocycles. The summed E-state index contributed by atoms with van der Waals surface area (Å²) in [6.45, 7) is 7.94. The molecule has 1 saturated heterocycles. The number of hydrogen-bond donors (Lipinski definition) is 3. The third kappa shape index (κ3) is 3.30. The lowest BCUT2D eigenvalue weighted by Crippen LogP contribution is -2.64. The highest BCUT2D eigenvalue weighted by Gasteiger charge is 2.41. The van der Waals surface area contributed by atoms with Gasteiger partial charge < -0.3 is 10.6 Å². The number of aliphatic imine (C=N–C) groups is 1. The normalized spacial score (nSPS) is 34.1. The van der Waals surface area contributed by atoms with Gasteiger partial charge in [-0.2, -0.15) is 12.6 Å². The van der Waals surface area contributed by atoms with Crippen molar-refractivity contribution in [3.05, 3.63) is 11.3 Å². The Labute approximate surface area is 140 Å². The molecule has 2 N–H and O–H groups in total. The number of fused-ring (bicyclic) bond motifs is 1. The van der Waals surface area contributed by atoms with Gasteiger partial charge in [0.2, 0.25) is 0 Å². The average molecular weight is 323 g/mol. The van der Waals surface area contributed by atoms with Crippen molar-refractivity contribution in [2.75, 3.05) is 25.5 Å². The summed E-state index contributed by atoms with van der Waals surface area (Å²) >= 11 is 4.24. The second kappa shape index (κ2) is 7.26. The monoisotopic (exact) mass is 322 g/mol. The first-order valence-electron chi connectivity index (χ1n) is 8.86. The van der Waals surface area contributed by atoms with Gasteiger partial charge in [-0.3, -0.25) is 9.89 Å². The van der Waals surface area contributed by atoms with Crippen molar-refractivity contribution in [2.24, 2.45) is 16.8 Å². The minimum atomic E-state index is 0.376. The molecule has 2 heterocycles. The molecule has 0 amide bonds. The zero-order chi connectivity index (χ0) is 15.5. The van der Waals surface area contributed by atoms with Crippen LogP contribution >= 0.6 is 12.6 Å². The van der Waals surface area contributed by atoms with Gasteiger partial charge >= 0.3 is 0 Å². The second-order valence-electron chi connectivity index (χ2n) is 6.99. The van der Waals surface area contributed by atoms with Gasteiger partial charge in [0, 0.05) is 31.8 Å². The molecular formula is C17H30N4S. The first-order valence-corrected chi connectivity index (χ1v) is 9.49. The van der Waals surface area contributed by atoms with Gasteiger partial charge in [-0.05, 0) is 31.6 Å². The predicted molar refractivity (Wildman–Crippen MR) is 96.2 cm³/mol. The third-order valence-electron chi connectivity index (χ3n) is 5.39. The maximum atomic E-state index is 4.48. The summed E-state index contributed by atoms with van der Waals surface area (Å²) in [7, 11) is 0. The number of hydrogen-bond acceptors (Lipinski definition) is 4. The molecule has 1 atom stereocenters. The van der Waals surface area contributed by atoms with Gasteiger partial charge in [-0.15, -0.1) is 0 Å². The summed E-state index contributed by atoms with van der Waals surface area (Å²) in [5, 5.41) is 7.09. The number of nitrogens with zero attached hydrogens (tertiary/aromatic N) is 2. The summed E-state index contributed by atoms with van der Waals surface area (Å²) in [5.74, 6) is 3.42. The lowest BCUT2D eigenvalue weighted by Gasteiger charge is -2.48. The maximum absolute atomic E-state index is 4.48. The average Bonchev–Trinajstić information content (AvgIpc) is 2.49. The minimum absolute atomic E-state index is 0.376. The van der Waals surface area contributed by atoms with E-state index in [1.165, 1.54) is 43.5 Å². The Morgan fingerprint density at radius 1 is 1.32 bits per heavy atom. The Hall–Kier alpha value is -0.680. The molecular weight excluding hydrogens is 292 g/mol. The smallest absolute Gasteiger partial charge is 0.131 e. The first kappa shape index (κ1) is 16.2. The van der Waals surface area contributed by atoms with Crippen molar-refractivity contribution in [2.45, 2.75) is 52.1 Å². The molecule has 3 aliphatic rings. The molecule has 0 unspecified atom stereocenters. The second-order valence-corrected chi connectivity index (χ2v) is 7.27. The highest BCUT2D eigenvalue weighted by Crippen LogP contribution is 2.33. The molecule has 2 fully saturated rings. The lowest BCUT2D eigenvalue weighted by atomic mass is 9.82. The molecule has 22 heavy (non-hydrogen) atoms. The van der Waals surface area contributed by atoms with Gasteiger partial charge in [-0.25, -0.2) is 0 Å². The molecule has 2 aliphatic heterocycles. The molecule has 1 aliphatic carbocycles. The molecule has 0 bridgehead atoms. The van der Waals surface area contributed by atoms with E-state index < -0.39 is 0 Å². The molecule has 0 aromatic rings. The van der Waals surface area contributed by atoms with Crippen molar-refractivity contribution < 1.29 is 0 Å². The molecule has 3 rings (SSSR count). The topological polar surface area (TPSA) is 39.7 Å². The number of rotatable bonds is 5. The summed E-state index contributed by atoms with van der Waals surface area (Å²) in [6.07, 6.45) is 7.13. The fourth-order valence-electron chi connectivity index (χ4n) is 4.07. The van der Waals surface area contributed by atoms with Crippen LogP contribution in [-0.2, 0) is 0 Å². The van der Waals surface area contributed by atoms with Crippen LogP contribution in [-0.4, -0.2) is 42.4 Å². The Balaban J connectivity index is 1.66. The SMILES string of the molecule is CCNC1=C2/C(=N\CS)N[C@@H]2N(CC2CCC(C)CC2)CC1. The molecule has 0 aromatic carbocycles. The summed E-state index contributed by atoms with van der Waals surface area (Å²) in [6, 6.07) is 0. The van der Waals surface area contributed by atoms with Gasteiger partial charge in [0.25, 0.3) is 0 Å². The molecule has 0 spiro atoms. The highest BCUT2D eigenvalue weighted by molar-refractivity contribution is 7.80. The van der Waals surface area contributed by atoms with Crippen molar-refractivity contribution in [1.29, 1.82) is 0 Å². The predicted octanol–water partition coefficient (Wildman–Crippen LogP) is 2.60. The molecule has 0 aromatic heterocycles. The fourth-order valence-corrected chi connectivity index (χ4v) is 4.21. The van der Waals surface area contributed by atoms with Crippen LogP contribution in [0.1, 0.15) is 46.0 Å². The van der Waals surface area contributed by atoms with Crippen molar-refractivity contribution >= 4 is 18.5 Å². The fraction of sp³-hybridized carbons (Fsp3) is 0.824. The summed E-state index contributed by atoms with van der Waals surface area (Å²) in [5.41, 5.74) is 2.78. The van der Waals surface area contributed by atoms with Crippen LogP contribution in [0.25, 0.3) is 0 Å². The third-order valence-corrected chi connectivity index (χ3v) is 5.53. The van der Waals surface area contributed by atoms with Crippen LogP contribution < -0.4 is 10.6 Å². The van der Waals surface area contributed by atoms with E-state index in [-0.39, 0.29) is 0 Å². The van der Waals surface area contributed by atoms with Gasteiger partial charge in [0.1, 0.15) is 12.0 Å². The van der Waals surface area contributed by atoms with Crippen molar-refractivity contribution in [3.8, 4) is 0 Å². The van der Waals surface area contributed by atoms with E-state index in [1.807, 2.05) is 0 Å². The molecule has 0 radical (unpaired) electrons. The molecule has 4 nitrogen and oxygen atoms in total. The summed E-state index contributed by atoms with van der Waals surface area (Å²) in [4.78, 5) is 7.12. The molecule has 5 heteroatoms. The van der Waals surface area contributed by atoms with Gasteiger partial charge in [0.15, 0.2) is 0 Å². The zero-order valence-electron chi connectivity index (χ0n) is 13.9. The Kier molecular flexibility index (Phi) is 5.34. The Morgan fingerprint density at radius 3 is 2.77 bits per heavy atom. The number of nitrogens with one attached hydrogen (secondary N) is 2. The number of thiol groups is 1. The quantitative estimate of drug-likeness (QED) is 0.681. The van der Waals surface area contributed by atoms with Crippen molar-refractivity contribution in [1.82, 2.24) is 15.5 Å². The maximum Gasteiger partial charge on any atom is 0.131 e. The van der Waals surface area contributed by atoms with E-state index in [0.29, 0.717) is 12.0 Å². The van der Waals surface area contributed by atoms with Crippen LogP contribution in [0.15, 0.2) is 16.3 Å². The van der Waals surface area contributed by atoms with Gasteiger partial charge in [0.05, 0.1) is 11.4 Å². The van der Waals surface area contributed by atoms with E-state index in [0.717, 1.165) is 37.2 Å². The highest BCUT2D eigenvalue weighted by atomic mass is 32.1. The van der Waals surface area contributed by atoms with Crippen LogP contribution in [0, 0.1) is 11.8 Å². The van der Waals surface area contributed by atoms with E-state index in [4.69, 9.17) is 0 Å². The number of amidine groups is 1. The van der Waals surface area contributed by atoms with E-state index >= 15 is 0 Å². The largest absolute Gasteiger partial charge is 0.388 e. The van der Waals surface area contributed by atoms with Crippen LogP contribution in [0.2, 0.25) is 0 Å². The minimum Gasteiger partial charge on any atom is -0.388 e. The van der Waals surface area contributed by atoms with Crippen LogP contribution in [0.4, 0.5) is 0 Å². The van der Waals surface area contributed by atoms with E-state index in [9.17, 15) is 0 Å². The standard InChI is InChI=1S/C17H30N4S/c1-3-18-14-8-9-21(10-13-6-4-12(2)5-7-13)17-15(14)16(20-17)19-11-22/h12-13,17-18,22H,3-11H2,1-2H3,(H,19,20)/t12?,13?,17-/m1/s1. The van der Waals surface area contributed by atoms with Crippen molar-refractivity contribution in [3.63, 3.8) is 0 Å². The van der Waals surface area contributed by atoms with Crippen LogP contribution in [0.5, 0.6) is 0 Å². The van der Waals surface area contributed by atoms with Gasteiger partial charge in [-0.1, -0.05) is 19.8 Å².